The smallest absolute Gasteiger partial charge is 0.238 e. The number of carbonyl (C=O) groups is 2. The van der Waals surface area contributed by atoms with Crippen LogP contribution in [0.1, 0.15) is 17.5 Å². The van der Waals surface area contributed by atoms with Gasteiger partial charge >= 0.3 is 0 Å². The Hall–Kier alpha value is -1.90. The number of allylic oxidation sites excluding steroid dienone is 2. The highest BCUT2D eigenvalue weighted by molar-refractivity contribution is 6.23. The molecule has 1 heterocycles. The quantitative estimate of drug-likeness (QED) is 0.590. The van der Waals surface area contributed by atoms with Gasteiger partial charge in [0.2, 0.25) is 11.8 Å². The van der Waals surface area contributed by atoms with Crippen molar-refractivity contribution in [3.63, 3.8) is 0 Å². The molecule has 4 aliphatic carbocycles. The Morgan fingerprint density at radius 2 is 1.55 bits per heavy atom. The monoisotopic (exact) mass is 293 g/mol. The highest BCUT2D eigenvalue weighted by Crippen LogP contribution is 2.65. The van der Waals surface area contributed by atoms with Crippen LogP contribution >= 0.6 is 0 Å². The van der Waals surface area contributed by atoms with Crippen molar-refractivity contribution in [3.05, 3.63) is 41.5 Å². The number of benzene rings is 1. The second kappa shape index (κ2) is 3.89. The molecule has 1 aromatic carbocycles. The Balaban J connectivity index is 1.62. The Bertz CT molecular complexity index is 714. The van der Waals surface area contributed by atoms with Gasteiger partial charge in [-0.2, -0.15) is 0 Å². The van der Waals surface area contributed by atoms with Crippen LogP contribution < -0.4 is 4.90 Å². The van der Waals surface area contributed by atoms with E-state index in [2.05, 4.69) is 12.2 Å². The molecule has 5 aliphatic rings. The molecule has 0 unspecified atom stereocenters. The van der Waals surface area contributed by atoms with Gasteiger partial charge in [0, 0.05) is 0 Å². The normalized spacial score (nSPS) is 40.9. The van der Waals surface area contributed by atoms with Gasteiger partial charge < -0.3 is 0 Å². The van der Waals surface area contributed by atoms with E-state index in [1.165, 1.54) is 11.3 Å². The first-order valence-electron chi connectivity index (χ1n) is 8.22. The maximum absolute atomic E-state index is 13.0. The summed E-state index contributed by atoms with van der Waals surface area (Å²) in [6, 6.07) is 5.87. The highest BCUT2D eigenvalue weighted by atomic mass is 16.2. The molecule has 1 saturated heterocycles. The summed E-state index contributed by atoms with van der Waals surface area (Å²) in [6.45, 7) is 4.02. The van der Waals surface area contributed by atoms with Crippen molar-refractivity contribution >= 4 is 17.5 Å². The van der Waals surface area contributed by atoms with Gasteiger partial charge in [-0.25, -0.2) is 4.90 Å². The van der Waals surface area contributed by atoms with Crippen molar-refractivity contribution in [1.82, 2.24) is 0 Å². The largest absolute Gasteiger partial charge is 0.274 e. The zero-order valence-corrected chi connectivity index (χ0v) is 12.8. The highest BCUT2D eigenvalue weighted by Gasteiger charge is 2.67. The van der Waals surface area contributed by atoms with Crippen LogP contribution in [-0.2, 0) is 9.59 Å². The van der Waals surface area contributed by atoms with E-state index in [9.17, 15) is 9.59 Å². The SMILES string of the molecule is Cc1cccc(N2C(=O)[C@H]3[C@@H]4C=C[C@H]([C@@H]5C[C@H]45)[C@@H]3C2=O)c1C. The van der Waals surface area contributed by atoms with E-state index in [-0.39, 0.29) is 23.7 Å². The lowest BCUT2D eigenvalue weighted by molar-refractivity contribution is -0.124. The van der Waals surface area contributed by atoms with E-state index < -0.39 is 0 Å². The molecule has 2 bridgehead atoms. The second-order valence-electron chi connectivity index (χ2n) is 7.39. The van der Waals surface area contributed by atoms with Crippen LogP contribution in [0, 0.1) is 49.4 Å². The molecule has 0 spiro atoms. The first-order valence-corrected chi connectivity index (χ1v) is 8.22. The number of amides is 2. The summed E-state index contributed by atoms with van der Waals surface area (Å²) in [5.41, 5.74) is 2.95. The van der Waals surface area contributed by atoms with Crippen molar-refractivity contribution in [3.8, 4) is 0 Å². The summed E-state index contributed by atoms with van der Waals surface area (Å²) in [4.78, 5) is 27.6. The van der Waals surface area contributed by atoms with Crippen LogP contribution in [0.25, 0.3) is 0 Å². The van der Waals surface area contributed by atoms with Gasteiger partial charge in [-0.15, -0.1) is 0 Å². The zero-order valence-electron chi connectivity index (χ0n) is 12.8. The summed E-state index contributed by atoms with van der Waals surface area (Å²) in [5, 5.41) is 0. The fourth-order valence-corrected chi connectivity index (χ4v) is 5.17. The van der Waals surface area contributed by atoms with E-state index in [1.807, 2.05) is 32.0 Å². The van der Waals surface area contributed by atoms with Gasteiger partial charge in [-0.3, -0.25) is 9.59 Å². The molecular weight excluding hydrogens is 274 g/mol. The van der Waals surface area contributed by atoms with Crippen LogP contribution in [0.2, 0.25) is 0 Å². The van der Waals surface area contributed by atoms with E-state index >= 15 is 0 Å². The maximum Gasteiger partial charge on any atom is 0.238 e. The molecule has 6 rings (SSSR count). The lowest BCUT2D eigenvalue weighted by Crippen LogP contribution is -2.40. The fraction of sp³-hybridized carbons (Fsp3) is 0.474. The fourth-order valence-electron chi connectivity index (χ4n) is 5.17. The summed E-state index contributed by atoms with van der Waals surface area (Å²) >= 11 is 0. The minimum Gasteiger partial charge on any atom is -0.274 e. The number of anilines is 1. The number of carbonyl (C=O) groups excluding carboxylic acids is 2. The van der Waals surface area contributed by atoms with Crippen LogP contribution in [-0.4, -0.2) is 11.8 Å². The number of nitrogens with zero attached hydrogens (tertiary/aromatic N) is 1. The number of hydrogen-bond acceptors (Lipinski definition) is 2. The van der Waals surface area contributed by atoms with Crippen molar-refractivity contribution in [1.29, 1.82) is 0 Å². The Morgan fingerprint density at radius 3 is 2.14 bits per heavy atom. The molecule has 2 saturated carbocycles. The maximum atomic E-state index is 13.0. The number of hydrogen-bond donors (Lipinski definition) is 0. The van der Waals surface area contributed by atoms with Crippen LogP contribution in [0.4, 0.5) is 5.69 Å². The first kappa shape index (κ1) is 12.6. The summed E-state index contributed by atoms with van der Waals surface area (Å²) in [5.74, 6) is 1.77. The lowest BCUT2D eigenvalue weighted by atomic mass is 9.63. The predicted octanol–water partition coefficient (Wildman–Crippen LogP) is 2.86. The van der Waals surface area contributed by atoms with Crippen LogP contribution in [0.15, 0.2) is 30.4 Å². The average Bonchev–Trinajstić information content (AvgIpc) is 3.28. The minimum atomic E-state index is -0.105. The molecular formula is C19H19NO2. The molecule has 1 aliphatic heterocycles. The predicted molar refractivity (Wildman–Crippen MR) is 83.1 cm³/mol. The summed E-state index contributed by atoms with van der Waals surface area (Å²) in [6.07, 6.45) is 5.65. The Morgan fingerprint density at radius 1 is 0.955 bits per heavy atom. The lowest BCUT2D eigenvalue weighted by Gasteiger charge is -2.37. The van der Waals surface area contributed by atoms with E-state index in [4.69, 9.17) is 0 Å². The van der Waals surface area contributed by atoms with Crippen molar-refractivity contribution < 1.29 is 9.59 Å². The van der Waals surface area contributed by atoms with Crippen LogP contribution in [0.5, 0.6) is 0 Å². The van der Waals surface area contributed by atoms with Gasteiger partial charge in [0.15, 0.2) is 0 Å². The molecule has 3 fully saturated rings. The number of rotatable bonds is 1. The van der Waals surface area contributed by atoms with Gasteiger partial charge in [0.25, 0.3) is 0 Å². The molecule has 3 heteroatoms. The van der Waals surface area contributed by atoms with E-state index in [0.717, 1.165) is 16.8 Å². The molecule has 3 nitrogen and oxygen atoms in total. The average molecular weight is 293 g/mol. The van der Waals surface area contributed by atoms with E-state index in [1.54, 1.807) is 0 Å². The molecule has 6 atom stereocenters. The summed E-state index contributed by atoms with van der Waals surface area (Å²) < 4.78 is 0. The standard InChI is InChI=1S/C19H19NO2/c1-9-4-3-5-15(10(9)2)20-18(21)16-11-6-7-12(14-8-13(11)14)17(16)19(20)22/h3-7,11-14,16-17H,8H2,1-2H3/t11-,12-,13-,14+,16+,17+/m1/s1. The minimum absolute atomic E-state index is 0.0356. The van der Waals surface area contributed by atoms with Gasteiger partial charge in [-0.05, 0) is 61.1 Å². The van der Waals surface area contributed by atoms with Crippen molar-refractivity contribution in [2.75, 3.05) is 4.90 Å². The second-order valence-corrected chi connectivity index (χ2v) is 7.39. The first-order chi connectivity index (χ1) is 10.6. The topological polar surface area (TPSA) is 37.4 Å². The molecule has 112 valence electrons. The zero-order chi connectivity index (χ0) is 15.2. The third-order valence-electron chi connectivity index (χ3n) is 6.48. The van der Waals surface area contributed by atoms with Crippen LogP contribution in [0.3, 0.4) is 0 Å². The third-order valence-corrected chi connectivity index (χ3v) is 6.48. The molecule has 0 aromatic heterocycles. The van der Waals surface area contributed by atoms with Crippen molar-refractivity contribution in [2.45, 2.75) is 20.3 Å². The number of imide groups is 1. The van der Waals surface area contributed by atoms with Gasteiger partial charge in [0.1, 0.15) is 0 Å². The molecule has 22 heavy (non-hydrogen) atoms. The van der Waals surface area contributed by atoms with Crippen molar-refractivity contribution in [2.24, 2.45) is 35.5 Å². The van der Waals surface area contributed by atoms with Gasteiger partial charge in [-0.1, -0.05) is 24.3 Å². The Labute approximate surface area is 130 Å². The molecule has 1 aromatic rings. The van der Waals surface area contributed by atoms with E-state index in [0.29, 0.717) is 23.7 Å². The molecule has 2 amide bonds. The Kier molecular flexibility index (Phi) is 2.23. The van der Waals surface area contributed by atoms with Gasteiger partial charge in [0.05, 0.1) is 17.5 Å². The molecule has 0 radical (unpaired) electrons. The third kappa shape index (κ3) is 1.33. The molecule has 0 N–H and O–H groups in total. The number of aryl methyl sites for hydroxylation is 1. The summed E-state index contributed by atoms with van der Waals surface area (Å²) in [7, 11) is 0.